The predicted octanol–water partition coefficient (Wildman–Crippen LogP) is 2.91. The summed E-state index contributed by atoms with van der Waals surface area (Å²) in [6.07, 6.45) is 16.5. The second-order valence-electron chi connectivity index (χ2n) is 4.73. The summed E-state index contributed by atoms with van der Waals surface area (Å²) in [5.74, 6) is 0. The number of nitrogens with zero attached hydrogens (tertiary/aromatic N) is 1. The lowest BCUT2D eigenvalue weighted by molar-refractivity contribution is 0.209. The molecule has 2 atom stereocenters. The van der Waals surface area contributed by atoms with E-state index in [9.17, 15) is 0 Å². The number of rotatable bonds is 8. The molecule has 0 saturated heterocycles. The van der Waals surface area contributed by atoms with Crippen LogP contribution in [0, 0.1) is 0 Å². The van der Waals surface area contributed by atoms with E-state index < -0.39 is 0 Å². The van der Waals surface area contributed by atoms with Crippen LogP contribution in [0.5, 0.6) is 0 Å². The molecule has 0 aromatic heterocycles. The molecule has 3 heteroatoms. The highest BCUT2D eigenvalue weighted by Gasteiger charge is 2.19. The number of allylic oxidation sites excluding steroid dienone is 2. The first-order valence-corrected chi connectivity index (χ1v) is 6.86. The zero-order chi connectivity index (χ0) is 12.5. The topological polar surface area (TPSA) is 41.3 Å². The lowest BCUT2D eigenvalue weighted by Gasteiger charge is -2.28. The van der Waals surface area contributed by atoms with Crippen molar-refractivity contribution >= 4 is 0 Å². The molecule has 1 heterocycles. The van der Waals surface area contributed by atoms with Gasteiger partial charge in [0.2, 0.25) is 0 Å². The average Bonchev–Trinajstić information content (AvgIpc) is 2.76. The fourth-order valence-electron chi connectivity index (χ4n) is 2.07. The van der Waals surface area contributed by atoms with Crippen LogP contribution in [0.2, 0.25) is 0 Å². The normalized spacial score (nSPS) is 21.1. The van der Waals surface area contributed by atoms with Crippen LogP contribution in [-0.4, -0.2) is 17.2 Å². The molecule has 0 aromatic rings. The van der Waals surface area contributed by atoms with Gasteiger partial charge in [0.1, 0.15) is 0 Å². The lowest BCUT2D eigenvalue weighted by atomic mass is 10.1. The van der Waals surface area contributed by atoms with Crippen LogP contribution in [0.25, 0.3) is 0 Å². The Hall–Kier alpha value is -0.960. The van der Waals surface area contributed by atoms with Crippen LogP contribution in [0.4, 0.5) is 0 Å². The van der Waals surface area contributed by atoms with Gasteiger partial charge in [-0.3, -0.25) is 0 Å². The van der Waals surface area contributed by atoms with Crippen molar-refractivity contribution in [1.82, 2.24) is 10.2 Å². The van der Waals surface area contributed by atoms with Gasteiger partial charge >= 0.3 is 0 Å². The number of hydrogen-bond donors (Lipinski definition) is 2. The van der Waals surface area contributed by atoms with Crippen molar-refractivity contribution < 1.29 is 0 Å². The monoisotopic (exact) mass is 237 g/mol. The van der Waals surface area contributed by atoms with Crippen molar-refractivity contribution in [2.75, 3.05) is 0 Å². The number of hydrogen-bond acceptors (Lipinski definition) is 3. The van der Waals surface area contributed by atoms with Crippen molar-refractivity contribution in [3.8, 4) is 0 Å². The summed E-state index contributed by atoms with van der Waals surface area (Å²) in [6, 6.07) is 0. The maximum Gasteiger partial charge on any atom is 0.0995 e. The molecule has 2 unspecified atom stereocenters. The maximum atomic E-state index is 5.89. The van der Waals surface area contributed by atoms with Crippen molar-refractivity contribution in [1.29, 1.82) is 0 Å². The molecule has 0 spiro atoms. The summed E-state index contributed by atoms with van der Waals surface area (Å²) in [5.41, 5.74) is 5.89. The van der Waals surface area contributed by atoms with E-state index in [1.165, 1.54) is 32.1 Å². The summed E-state index contributed by atoms with van der Waals surface area (Å²) in [4.78, 5) is 2.18. The molecule has 1 aliphatic heterocycles. The Balaban J connectivity index is 2.08. The van der Waals surface area contributed by atoms with E-state index in [4.69, 9.17) is 5.73 Å². The van der Waals surface area contributed by atoms with Gasteiger partial charge in [0.05, 0.1) is 12.3 Å². The molecule has 0 saturated carbocycles. The Kier molecular flexibility index (Phi) is 6.78. The Morgan fingerprint density at radius 3 is 2.71 bits per heavy atom. The van der Waals surface area contributed by atoms with Crippen molar-refractivity contribution in [2.24, 2.45) is 5.73 Å². The van der Waals surface area contributed by atoms with Gasteiger partial charge < -0.3 is 16.0 Å². The lowest BCUT2D eigenvalue weighted by Crippen LogP contribution is -2.44. The fourth-order valence-corrected chi connectivity index (χ4v) is 2.07. The molecule has 0 fully saturated rings. The second kappa shape index (κ2) is 8.18. The van der Waals surface area contributed by atoms with Gasteiger partial charge in [0.15, 0.2) is 0 Å². The summed E-state index contributed by atoms with van der Waals surface area (Å²) >= 11 is 0. The van der Waals surface area contributed by atoms with Gasteiger partial charge in [-0.15, -0.1) is 0 Å². The summed E-state index contributed by atoms with van der Waals surface area (Å²) in [5, 5.41) is 3.34. The van der Waals surface area contributed by atoms with Crippen LogP contribution < -0.4 is 11.1 Å². The van der Waals surface area contributed by atoms with Crippen LogP contribution >= 0.6 is 0 Å². The highest BCUT2D eigenvalue weighted by Crippen LogP contribution is 2.13. The van der Waals surface area contributed by atoms with E-state index in [1.807, 2.05) is 19.3 Å². The molecule has 0 aromatic carbocycles. The first-order valence-electron chi connectivity index (χ1n) is 6.86. The van der Waals surface area contributed by atoms with Crippen LogP contribution in [-0.2, 0) is 0 Å². The Morgan fingerprint density at radius 2 is 2.06 bits per heavy atom. The zero-order valence-corrected chi connectivity index (χ0v) is 11.2. The predicted molar refractivity (Wildman–Crippen MR) is 74.1 cm³/mol. The minimum absolute atomic E-state index is 0.0892. The van der Waals surface area contributed by atoms with Gasteiger partial charge in [-0.05, 0) is 32.6 Å². The quantitative estimate of drug-likeness (QED) is 0.504. The molecular formula is C14H27N3. The highest BCUT2D eigenvalue weighted by molar-refractivity contribution is 4.95. The molecule has 0 aliphatic carbocycles. The Morgan fingerprint density at radius 1 is 1.35 bits per heavy atom. The molecule has 17 heavy (non-hydrogen) atoms. The van der Waals surface area contributed by atoms with E-state index in [0.29, 0.717) is 6.17 Å². The molecule has 98 valence electrons. The third-order valence-electron chi connectivity index (χ3n) is 3.10. The van der Waals surface area contributed by atoms with Gasteiger partial charge in [0.25, 0.3) is 0 Å². The fraction of sp³-hybridized carbons (Fsp3) is 0.714. The Bertz CT molecular complexity index is 246. The number of nitrogens with two attached hydrogens (primary N) is 1. The van der Waals surface area contributed by atoms with Crippen LogP contribution in [0.1, 0.15) is 52.4 Å². The molecule has 3 N–H and O–H groups in total. The molecular weight excluding hydrogens is 210 g/mol. The second-order valence-corrected chi connectivity index (χ2v) is 4.73. The van der Waals surface area contributed by atoms with Crippen LogP contribution in [0.15, 0.2) is 24.6 Å². The van der Waals surface area contributed by atoms with Crippen LogP contribution in [0.3, 0.4) is 0 Å². The Labute approximate surface area is 106 Å². The maximum absolute atomic E-state index is 5.89. The smallest absolute Gasteiger partial charge is 0.0995 e. The van der Waals surface area contributed by atoms with Gasteiger partial charge in [-0.25, -0.2) is 0 Å². The van der Waals surface area contributed by atoms with Gasteiger partial charge in [-0.2, -0.15) is 0 Å². The van der Waals surface area contributed by atoms with E-state index >= 15 is 0 Å². The van der Waals surface area contributed by atoms with E-state index in [1.54, 1.807) is 0 Å². The number of nitrogens with one attached hydrogen (secondary N) is 1. The van der Waals surface area contributed by atoms with Gasteiger partial charge in [0, 0.05) is 12.4 Å². The molecule has 0 radical (unpaired) electrons. The molecule has 1 rings (SSSR count). The minimum atomic E-state index is 0.0892. The standard InChI is InChI=1S/C14H27N3/c1-3-4-5-6-7-8-9-10-14-16-11-12-17(14)13(2)15/h6-7,11-14,16H,3-5,8-10,15H2,1-2H3/b7-6+. The van der Waals surface area contributed by atoms with Crippen molar-refractivity contribution in [3.63, 3.8) is 0 Å². The van der Waals surface area contributed by atoms with E-state index in [-0.39, 0.29) is 6.17 Å². The summed E-state index contributed by atoms with van der Waals surface area (Å²) < 4.78 is 0. The van der Waals surface area contributed by atoms with Crippen molar-refractivity contribution in [2.45, 2.75) is 64.7 Å². The molecule has 3 nitrogen and oxygen atoms in total. The first-order chi connectivity index (χ1) is 8.25. The SMILES string of the molecule is CCCC/C=C/CCCC1NC=CN1C(C)N. The first kappa shape index (κ1) is 14.1. The summed E-state index contributed by atoms with van der Waals surface area (Å²) in [7, 11) is 0. The highest BCUT2D eigenvalue weighted by atomic mass is 15.3. The van der Waals surface area contributed by atoms with E-state index in [0.717, 1.165) is 6.42 Å². The molecule has 1 aliphatic rings. The minimum Gasteiger partial charge on any atom is -0.370 e. The zero-order valence-electron chi connectivity index (χ0n) is 11.2. The molecule has 0 bridgehead atoms. The van der Waals surface area contributed by atoms with E-state index in [2.05, 4.69) is 29.3 Å². The largest absolute Gasteiger partial charge is 0.370 e. The number of unbranched alkanes of at least 4 members (excludes halogenated alkanes) is 3. The molecule has 0 amide bonds. The summed E-state index contributed by atoms with van der Waals surface area (Å²) in [6.45, 7) is 4.25. The third kappa shape index (κ3) is 5.26. The average molecular weight is 237 g/mol. The van der Waals surface area contributed by atoms with Crippen molar-refractivity contribution in [3.05, 3.63) is 24.6 Å². The third-order valence-corrected chi connectivity index (χ3v) is 3.10. The van der Waals surface area contributed by atoms with Gasteiger partial charge in [-0.1, -0.05) is 31.9 Å².